The summed E-state index contributed by atoms with van der Waals surface area (Å²) in [5, 5.41) is 8.82. The molecule has 5 heteroatoms. The maximum Gasteiger partial charge on any atom is 0.141 e. The first kappa shape index (κ1) is 14.8. The van der Waals surface area contributed by atoms with Crippen LogP contribution < -0.4 is 0 Å². The standard InChI is InChI=1S/C20H13N5/c21-13-20-8-7-19(25-20)12-18-6-5-17(24-18)11-16-4-3-15(23-16)10-14-2-1-9-22-14/h1-12,24H. The molecule has 0 bridgehead atoms. The number of aliphatic imine (C=N–C) groups is 3. The van der Waals surface area contributed by atoms with E-state index in [1.807, 2.05) is 66.8 Å². The van der Waals surface area contributed by atoms with Crippen LogP contribution >= 0.6 is 0 Å². The van der Waals surface area contributed by atoms with Gasteiger partial charge in [0, 0.05) is 17.6 Å². The van der Waals surface area contributed by atoms with Crippen LogP contribution in [0.5, 0.6) is 0 Å². The summed E-state index contributed by atoms with van der Waals surface area (Å²) >= 11 is 0. The van der Waals surface area contributed by atoms with Crippen molar-refractivity contribution < 1.29 is 0 Å². The molecule has 118 valence electrons. The smallest absolute Gasteiger partial charge is 0.141 e. The van der Waals surface area contributed by atoms with Gasteiger partial charge in [0.1, 0.15) is 11.8 Å². The van der Waals surface area contributed by atoms with E-state index in [1.54, 1.807) is 12.3 Å². The Balaban J connectivity index is 1.50. The summed E-state index contributed by atoms with van der Waals surface area (Å²) in [5.74, 6) is 0. The molecule has 1 N–H and O–H groups in total. The summed E-state index contributed by atoms with van der Waals surface area (Å²) in [6, 6.07) is 5.98. The average molecular weight is 323 g/mol. The zero-order valence-corrected chi connectivity index (χ0v) is 13.2. The molecule has 3 aliphatic rings. The molecule has 0 radical (unpaired) electrons. The molecule has 0 saturated heterocycles. The van der Waals surface area contributed by atoms with Gasteiger partial charge in [0.25, 0.3) is 0 Å². The fraction of sp³-hybridized carbons (Fsp3) is 0. The molecule has 0 aromatic carbocycles. The molecule has 3 aliphatic heterocycles. The lowest BCUT2D eigenvalue weighted by atomic mass is 10.3. The highest BCUT2D eigenvalue weighted by molar-refractivity contribution is 6.10. The van der Waals surface area contributed by atoms with Crippen molar-refractivity contribution in [2.45, 2.75) is 0 Å². The first-order valence-electron chi connectivity index (χ1n) is 7.77. The third-order valence-electron chi connectivity index (χ3n) is 3.67. The van der Waals surface area contributed by atoms with Crippen LogP contribution in [0.2, 0.25) is 0 Å². The summed E-state index contributed by atoms with van der Waals surface area (Å²) in [6.07, 6.45) is 18.9. The number of hydrogen-bond donors (Lipinski definition) is 1. The van der Waals surface area contributed by atoms with Gasteiger partial charge in [-0.1, -0.05) is 0 Å². The van der Waals surface area contributed by atoms with Gasteiger partial charge >= 0.3 is 0 Å². The van der Waals surface area contributed by atoms with Gasteiger partial charge in [0.15, 0.2) is 0 Å². The number of allylic oxidation sites excluding steroid dienone is 7. The molecule has 0 spiro atoms. The Hall–Kier alpha value is -3.78. The van der Waals surface area contributed by atoms with Crippen molar-refractivity contribution in [3.8, 4) is 6.07 Å². The monoisotopic (exact) mass is 323 g/mol. The Bertz CT molecular complexity index is 1030. The Kier molecular flexibility index (Phi) is 3.77. The van der Waals surface area contributed by atoms with Crippen LogP contribution in [0.1, 0.15) is 11.4 Å². The molecule has 1 aromatic rings. The Morgan fingerprint density at radius 2 is 1.60 bits per heavy atom. The Morgan fingerprint density at radius 3 is 2.28 bits per heavy atom. The van der Waals surface area contributed by atoms with Crippen molar-refractivity contribution in [3.05, 3.63) is 83.1 Å². The minimum atomic E-state index is 0.425. The fourth-order valence-electron chi connectivity index (χ4n) is 2.54. The normalized spacial score (nSPS) is 22.4. The van der Waals surface area contributed by atoms with E-state index >= 15 is 0 Å². The molecule has 0 amide bonds. The van der Waals surface area contributed by atoms with Gasteiger partial charge in [0.2, 0.25) is 0 Å². The second kappa shape index (κ2) is 6.38. The third kappa shape index (κ3) is 3.43. The number of H-pyrrole nitrogens is 1. The van der Waals surface area contributed by atoms with Crippen LogP contribution in [-0.2, 0) is 0 Å². The van der Waals surface area contributed by atoms with Crippen molar-refractivity contribution in [3.63, 3.8) is 0 Å². The van der Waals surface area contributed by atoms with Gasteiger partial charge < -0.3 is 4.98 Å². The van der Waals surface area contributed by atoms with Crippen LogP contribution in [0.3, 0.4) is 0 Å². The summed E-state index contributed by atoms with van der Waals surface area (Å²) in [5.41, 5.74) is 5.73. The summed E-state index contributed by atoms with van der Waals surface area (Å²) < 4.78 is 0. The minimum absolute atomic E-state index is 0.425. The molecule has 0 unspecified atom stereocenters. The van der Waals surface area contributed by atoms with Crippen molar-refractivity contribution in [1.29, 1.82) is 5.26 Å². The Labute approximate surface area is 144 Å². The number of nitrogens with one attached hydrogen (secondary N) is 1. The predicted octanol–water partition coefficient (Wildman–Crippen LogP) is 3.77. The number of rotatable bonds is 3. The Morgan fingerprint density at radius 1 is 0.840 bits per heavy atom. The number of hydrogen-bond acceptors (Lipinski definition) is 4. The molecule has 5 nitrogen and oxygen atoms in total. The van der Waals surface area contributed by atoms with E-state index in [2.05, 4.69) is 20.0 Å². The van der Waals surface area contributed by atoms with Gasteiger partial charge in [-0.25, -0.2) is 9.98 Å². The number of nitriles is 1. The van der Waals surface area contributed by atoms with Crippen LogP contribution in [0, 0.1) is 11.3 Å². The van der Waals surface area contributed by atoms with Crippen molar-refractivity contribution in [1.82, 2.24) is 4.98 Å². The van der Waals surface area contributed by atoms with E-state index in [1.165, 1.54) is 0 Å². The van der Waals surface area contributed by atoms with Crippen molar-refractivity contribution in [2.75, 3.05) is 0 Å². The van der Waals surface area contributed by atoms with Crippen LogP contribution in [-0.4, -0.2) is 22.6 Å². The zero-order chi connectivity index (χ0) is 17.1. The fourth-order valence-corrected chi connectivity index (χ4v) is 2.54. The zero-order valence-electron chi connectivity index (χ0n) is 13.2. The SMILES string of the molecule is N#CC1=NC(=Cc2ccc(C=C3C=CC(C=C4C=CC=N4)=N3)[nH]2)C=C1. The molecule has 0 saturated carbocycles. The lowest BCUT2D eigenvalue weighted by molar-refractivity contribution is 1.32. The highest BCUT2D eigenvalue weighted by Crippen LogP contribution is 2.18. The van der Waals surface area contributed by atoms with E-state index in [0.717, 1.165) is 34.2 Å². The van der Waals surface area contributed by atoms with Gasteiger partial charge in [-0.05, 0) is 66.8 Å². The van der Waals surface area contributed by atoms with Crippen molar-refractivity contribution >= 4 is 29.8 Å². The molecule has 4 rings (SSSR count). The highest BCUT2D eigenvalue weighted by Gasteiger charge is 2.06. The van der Waals surface area contributed by atoms with Crippen LogP contribution in [0.4, 0.5) is 0 Å². The van der Waals surface area contributed by atoms with Gasteiger partial charge in [0.05, 0.1) is 22.8 Å². The van der Waals surface area contributed by atoms with Gasteiger partial charge in [-0.2, -0.15) is 5.26 Å². The van der Waals surface area contributed by atoms with E-state index in [4.69, 9.17) is 5.26 Å². The van der Waals surface area contributed by atoms with Crippen molar-refractivity contribution in [2.24, 2.45) is 15.0 Å². The maximum atomic E-state index is 8.82. The number of aromatic amines is 1. The summed E-state index contributed by atoms with van der Waals surface area (Å²) in [6.45, 7) is 0. The minimum Gasteiger partial charge on any atom is -0.355 e. The second-order valence-corrected chi connectivity index (χ2v) is 5.53. The summed E-state index contributed by atoms with van der Waals surface area (Å²) in [7, 11) is 0. The van der Waals surface area contributed by atoms with Crippen LogP contribution in [0.15, 0.2) is 86.7 Å². The first-order valence-corrected chi connectivity index (χ1v) is 7.77. The number of nitrogens with zero attached hydrogens (tertiary/aromatic N) is 4. The molecular formula is C20H13N5. The molecule has 0 aliphatic carbocycles. The van der Waals surface area contributed by atoms with Crippen LogP contribution in [0.25, 0.3) is 12.2 Å². The first-order chi connectivity index (χ1) is 12.3. The molecule has 25 heavy (non-hydrogen) atoms. The quantitative estimate of drug-likeness (QED) is 0.903. The topological polar surface area (TPSA) is 76.7 Å². The lowest BCUT2D eigenvalue weighted by Crippen LogP contribution is -1.84. The average Bonchev–Trinajstić information content (AvgIpc) is 3.38. The largest absolute Gasteiger partial charge is 0.355 e. The molecule has 0 atom stereocenters. The van der Waals surface area contributed by atoms with Gasteiger partial charge in [-0.15, -0.1) is 0 Å². The van der Waals surface area contributed by atoms with E-state index in [-0.39, 0.29) is 0 Å². The van der Waals surface area contributed by atoms with Gasteiger partial charge in [-0.3, -0.25) is 4.99 Å². The van der Waals surface area contributed by atoms with E-state index in [0.29, 0.717) is 5.71 Å². The maximum absolute atomic E-state index is 8.82. The highest BCUT2D eigenvalue weighted by atomic mass is 14.8. The van der Waals surface area contributed by atoms with E-state index < -0.39 is 0 Å². The molecule has 1 aromatic heterocycles. The lowest BCUT2D eigenvalue weighted by Gasteiger charge is -1.92. The van der Waals surface area contributed by atoms with E-state index in [9.17, 15) is 0 Å². The number of aromatic nitrogens is 1. The third-order valence-corrected chi connectivity index (χ3v) is 3.67. The predicted molar refractivity (Wildman–Crippen MR) is 101 cm³/mol. The second-order valence-electron chi connectivity index (χ2n) is 5.53. The molecule has 4 heterocycles. The summed E-state index contributed by atoms with van der Waals surface area (Å²) in [4.78, 5) is 16.3. The molecular weight excluding hydrogens is 310 g/mol. The molecule has 0 fully saturated rings.